The predicted molar refractivity (Wildman–Crippen MR) is 299 cm³/mol. The highest BCUT2D eigenvalue weighted by atomic mass is 16.8. The van der Waals surface area contributed by atoms with Crippen LogP contribution in [-0.4, -0.2) is 256 Å². The summed E-state index contributed by atoms with van der Waals surface area (Å²) in [5, 5.41) is 156. The van der Waals surface area contributed by atoms with E-state index < -0.39 is 223 Å². The van der Waals surface area contributed by atoms with Gasteiger partial charge in [0.25, 0.3) is 0 Å². The molecule has 4 heterocycles. The highest BCUT2D eigenvalue weighted by Gasteiger charge is 2.74. The molecular weight excluding hydrogens is 1160 g/mol. The van der Waals surface area contributed by atoms with Gasteiger partial charge in [0, 0.05) is 17.9 Å². The molecule has 0 bridgehead atoms. The van der Waals surface area contributed by atoms with Crippen LogP contribution in [0.2, 0.25) is 0 Å². The van der Waals surface area contributed by atoms with Gasteiger partial charge in [0.05, 0.1) is 43.5 Å². The first-order valence-electron chi connectivity index (χ1n) is 30.9. The van der Waals surface area contributed by atoms with Crippen LogP contribution in [0, 0.1) is 50.2 Å². The Morgan fingerprint density at radius 1 is 0.614 bits per heavy atom. The fourth-order valence-electron chi connectivity index (χ4n) is 17.6. The SMILES string of the molecule is C/C=C(\C)C(=O)O[C@H]1[C@H](OC(C)=O)[C@@]2(CO)C(CC1(C)C)C1=CCC3[C@@]4(C)CC[C@H](O[C@@H]5O[C@H](C(=O)O)[C@H](O[C@@H]6O[C@H](CO)[C@H](O)[C@H](O)[C@H]6O[C@@H]6O[C@@H](C)[C@H](O)[C@@H](O)[C@H]6O)[C@H](O)[C@H]5O[C@@H]5O[C@H](CO)[C@@H](O)[C@H](O)[C@H]5O)C(C)(C)C4CC[C@@]3(C)[C@]1(C)C[C@H]2O. The summed E-state index contributed by atoms with van der Waals surface area (Å²) < 4.78 is 60.9. The average molecular weight is 1260 g/mol. The number of fused-ring (bicyclic) bond motifs is 7. The van der Waals surface area contributed by atoms with E-state index in [9.17, 15) is 85.9 Å². The first-order valence-corrected chi connectivity index (χ1v) is 30.9. The second-order valence-electron chi connectivity index (χ2n) is 28.5. The van der Waals surface area contributed by atoms with Crippen molar-refractivity contribution in [2.45, 2.75) is 268 Å². The van der Waals surface area contributed by atoms with E-state index in [4.69, 9.17) is 47.4 Å². The quantitative estimate of drug-likeness (QED) is 0.0386. The van der Waals surface area contributed by atoms with Gasteiger partial charge in [0.2, 0.25) is 0 Å². The van der Waals surface area contributed by atoms with Crippen molar-refractivity contribution in [3.8, 4) is 0 Å². The lowest BCUT2D eigenvalue weighted by molar-refractivity contribution is -0.401. The van der Waals surface area contributed by atoms with E-state index in [-0.39, 0.29) is 18.3 Å². The van der Waals surface area contributed by atoms with E-state index in [1.54, 1.807) is 19.9 Å². The van der Waals surface area contributed by atoms with Crippen molar-refractivity contribution in [3.05, 3.63) is 23.3 Å². The van der Waals surface area contributed by atoms with Crippen LogP contribution in [0.5, 0.6) is 0 Å². The van der Waals surface area contributed by atoms with Gasteiger partial charge in [-0.15, -0.1) is 0 Å². The molecule has 27 nitrogen and oxygen atoms in total. The van der Waals surface area contributed by atoms with Crippen molar-refractivity contribution in [1.82, 2.24) is 0 Å². The lowest BCUT2D eigenvalue weighted by atomic mass is 9.33. The van der Waals surface area contributed by atoms with Gasteiger partial charge in [-0.3, -0.25) is 4.79 Å². The van der Waals surface area contributed by atoms with E-state index in [1.807, 2.05) is 27.7 Å². The molecule has 0 amide bonds. The van der Waals surface area contributed by atoms with Gasteiger partial charge in [-0.05, 0) is 105 Å². The molecule has 4 saturated heterocycles. The smallest absolute Gasteiger partial charge is 0.335 e. The van der Waals surface area contributed by atoms with Crippen LogP contribution in [0.15, 0.2) is 23.3 Å². The molecule has 0 radical (unpaired) electrons. The molecule has 14 N–H and O–H groups in total. The molecule has 5 aliphatic carbocycles. The number of hydrogen-bond acceptors (Lipinski definition) is 26. The molecule has 502 valence electrons. The molecule has 0 spiro atoms. The Labute approximate surface area is 511 Å². The number of carbonyl (C=O) groups is 3. The number of carbonyl (C=O) groups excluding carboxylic acids is 2. The number of aliphatic carboxylic acids is 1. The zero-order valence-corrected chi connectivity index (χ0v) is 51.9. The molecule has 0 aromatic carbocycles. The third kappa shape index (κ3) is 11.3. The molecule has 27 heteroatoms. The number of aliphatic hydroxyl groups is 13. The van der Waals surface area contributed by atoms with E-state index in [0.29, 0.717) is 44.1 Å². The summed E-state index contributed by atoms with van der Waals surface area (Å²) in [6.45, 7) is 18.2. The lowest BCUT2D eigenvalue weighted by Crippen LogP contribution is -2.72. The van der Waals surface area contributed by atoms with Crippen molar-refractivity contribution in [2.24, 2.45) is 50.2 Å². The Hall–Kier alpha value is -2.95. The molecular formula is C61H96O27. The van der Waals surface area contributed by atoms with Crippen LogP contribution in [0.3, 0.4) is 0 Å². The minimum atomic E-state index is -2.23. The summed E-state index contributed by atoms with van der Waals surface area (Å²) in [6.07, 6.45) is -34.9. The molecule has 4 aliphatic heterocycles. The van der Waals surface area contributed by atoms with Gasteiger partial charge in [-0.25, -0.2) is 9.59 Å². The van der Waals surface area contributed by atoms with Crippen LogP contribution in [0.4, 0.5) is 0 Å². The number of aliphatic hydroxyl groups excluding tert-OH is 13. The van der Waals surface area contributed by atoms with Crippen LogP contribution >= 0.6 is 0 Å². The van der Waals surface area contributed by atoms with E-state index in [0.717, 1.165) is 5.57 Å². The second kappa shape index (κ2) is 25.4. The van der Waals surface area contributed by atoms with E-state index >= 15 is 0 Å². The third-order valence-corrected chi connectivity index (χ3v) is 23.0. The summed E-state index contributed by atoms with van der Waals surface area (Å²) in [4.78, 5) is 40.0. The van der Waals surface area contributed by atoms with E-state index in [1.165, 1.54) is 13.8 Å². The van der Waals surface area contributed by atoms with Crippen LogP contribution in [-0.2, 0) is 61.8 Å². The van der Waals surface area contributed by atoms with Crippen LogP contribution in [0.25, 0.3) is 0 Å². The molecule has 31 atom stereocenters. The predicted octanol–water partition coefficient (Wildman–Crippen LogP) is -1.44. The summed E-state index contributed by atoms with van der Waals surface area (Å²) in [5.74, 6) is -3.63. The van der Waals surface area contributed by atoms with Gasteiger partial charge >= 0.3 is 17.9 Å². The number of allylic oxidation sites excluding steroid dienone is 3. The maximum Gasteiger partial charge on any atom is 0.335 e. The monoisotopic (exact) mass is 1260 g/mol. The third-order valence-electron chi connectivity index (χ3n) is 23.0. The minimum Gasteiger partial charge on any atom is -0.479 e. The Kier molecular flexibility index (Phi) is 20.0. The number of carboxylic acid groups (broad SMARTS) is 1. The number of hydrogen-bond donors (Lipinski definition) is 14. The second-order valence-corrected chi connectivity index (χ2v) is 28.5. The Morgan fingerprint density at radius 3 is 1.75 bits per heavy atom. The maximum atomic E-state index is 13.5. The average Bonchev–Trinajstić information content (AvgIpc) is 0.672. The largest absolute Gasteiger partial charge is 0.479 e. The Bertz CT molecular complexity index is 2580. The van der Waals surface area contributed by atoms with Crippen LogP contribution in [0.1, 0.15) is 121 Å². The number of esters is 2. The molecule has 4 saturated carbocycles. The number of rotatable bonds is 15. The summed E-state index contributed by atoms with van der Waals surface area (Å²) in [5.41, 5.74) is -3.23. The molecule has 88 heavy (non-hydrogen) atoms. The Morgan fingerprint density at radius 2 is 1.17 bits per heavy atom. The van der Waals surface area contributed by atoms with Crippen molar-refractivity contribution in [2.75, 3.05) is 19.8 Å². The topological polar surface area (TPSA) is 427 Å². The summed E-state index contributed by atoms with van der Waals surface area (Å²) in [6, 6.07) is 0. The molecule has 8 fully saturated rings. The highest BCUT2D eigenvalue weighted by molar-refractivity contribution is 5.87. The van der Waals surface area contributed by atoms with Crippen molar-refractivity contribution in [3.63, 3.8) is 0 Å². The molecule has 9 rings (SSSR count). The van der Waals surface area contributed by atoms with Gasteiger partial charge in [0.1, 0.15) is 97.7 Å². The highest BCUT2D eigenvalue weighted by Crippen LogP contribution is 2.76. The number of ether oxygens (including phenoxy) is 10. The first-order chi connectivity index (χ1) is 41.1. The fourth-order valence-corrected chi connectivity index (χ4v) is 17.6. The molecule has 0 aromatic rings. The Balaban J connectivity index is 1.02. The minimum absolute atomic E-state index is 0.0166. The normalized spacial score (nSPS) is 50.9. The first kappa shape index (κ1) is 69.4. The standard InChI is InChI=1S/C61H96O27/c1-12-24(2)51(78)88-48-49(80-26(4)65)61(23-64)28(19-56(48,5)6)27-13-14-32-58(9)17-16-34(57(7,8)31(58)15-18-59(32,10)60(27,11)20-33(61)66)83-55-46(86-53-42(74)39(71)36(68)29(21-62)81-53)43(75)44(47(87-55)50(76)77)84-54-45(40(72)37(69)30(22-63)82-54)85-52-41(73)38(70)35(67)25(3)79-52/h12-13,25,28-49,52-55,62-64,66-75H,14-23H2,1-11H3,(H,76,77)/b24-12+/t25-,28?,29+,30+,31?,32?,33+,34-,35-,36+,37-,38+,39-,40-,41+,42+,43-,44+,45+,46+,47-,48-,49-,52-,53-,54-,55+,58-,59+,60+,61-/m0/s1. The fraction of sp³-hybridized carbons (Fsp3) is 0.885. The van der Waals surface area contributed by atoms with Gasteiger partial charge in [0.15, 0.2) is 31.3 Å². The van der Waals surface area contributed by atoms with Crippen molar-refractivity contribution in [1.29, 1.82) is 0 Å². The van der Waals surface area contributed by atoms with Crippen molar-refractivity contribution < 1.29 is 133 Å². The lowest BCUT2D eigenvalue weighted by Gasteiger charge is -2.72. The number of carboxylic acids is 1. The molecule has 9 aliphatic rings. The van der Waals surface area contributed by atoms with E-state index in [2.05, 4.69) is 26.8 Å². The zero-order chi connectivity index (χ0) is 65.0. The van der Waals surface area contributed by atoms with Gasteiger partial charge < -0.3 is 119 Å². The summed E-state index contributed by atoms with van der Waals surface area (Å²) >= 11 is 0. The van der Waals surface area contributed by atoms with Gasteiger partial charge in [-0.1, -0.05) is 66.2 Å². The molecule has 3 unspecified atom stereocenters. The zero-order valence-electron chi connectivity index (χ0n) is 51.9. The van der Waals surface area contributed by atoms with Crippen LogP contribution < -0.4 is 0 Å². The molecule has 0 aromatic heterocycles. The maximum absolute atomic E-state index is 13.5. The van der Waals surface area contributed by atoms with Gasteiger partial charge in [-0.2, -0.15) is 0 Å². The van der Waals surface area contributed by atoms with Crippen molar-refractivity contribution >= 4 is 17.9 Å². The summed E-state index contributed by atoms with van der Waals surface area (Å²) in [7, 11) is 0.